The second kappa shape index (κ2) is 6.13. The van der Waals surface area contributed by atoms with Crippen molar-refractivity contribution in [3.05, 3.63) is 52.9 Å². The van der Waals surface area contributed by atoms with Gasteiger partial charge in [0, 0.05) is 12.1 Å². The molecule has 2 rings (SSSR count). The normalized spacial score (nSPS) is 12.7. The zero-order valence-electron chi connectivity index (χ0n) is 12.0. The Kier molecular flexibility index (Phi) is 4.49. The molecule has 0 fully saturated rings. The number of rotatable bonds is 5. The summed E-state index contributed by atoms with van der Waals surface area (Å²) in [6.45, 7) is 4.68. The summed E-state index contributed by atoms with van der Waals surface area (Å²) < 4.78 is 29.2. The van der Waals surface area contributed by atoms with Crippen molar-refractivity contribution in [3.8, 4) is 0 Å². The van der Waals surface area contributed by atoms with Gasteiger partial charge in [0.2, 0.25) is 0 Å². The average Bonchev–Trinajstić information content (AvgIpc) is 2.87. The van der Waals surface area contributed by atoms with Gasteiger partial charge in [0.1, 0.15) is 0 Å². The third-order valence-electron chi connectivity index (χ3n) is 3.40. The van der Waals surface area contributed by atoms with Gasteiger partial charge in [0.05, 0.1) is 17.4 Å². The van der Waals surface area contributed by atoms with Gasteiger partial charge in [0.15, 0.2) is 11.6 Å². The molecule has 1 unspecified atom stereocenters. The van der Waals surface area contributed by atoms with Crippen LogP contribution in [0.15, 0.2) is 24.3 Å². The summed E-state index contributed by atoms with van der Waals surface area (Å²) in [6.07, 6.45) is 0.808. The lowest BCUT2D eigenvalue weighted by atomic mass is 10.0. The second-order valence-electron chi connectivity index (χ2n) is 4.59. The van der Waals surface area contributed by atoms with Gasteiger partial charge in [-0.05, 0) is 32.5 Å². The first-order valence-electron chi connectivity index (χ1n) is 6.80. The maximum absolute atomic E-state index is 14.0. The molecule has 5 heteroatoms. The molecule has 108 valence electrons. The molecule has 0 saturated carbocycles. The summed E-state index contributed by atoms with van der Waals surface area (Å²) in [5.41, 5.74) is 2.08. The highest BCUT2D eigenvalue weighted by Gasteiger charge is 2.22. The molecule has 3 nitrogen and oxygen atoms in total. The van der Waals surface area contributed by atoms with Crippen molar-refractivity contribution in [1.29, 1.82) is 0 Å². The first kappa shape index (κ1) is 14.7. The van der Waals surface area contributed by atoms with Crippen LogP contribution in [0.5, 0.6) is 0 Å². The van der Waals surface area contributed by atoms with E-state index in [1.807, 2.05) is 24.6 Å². The molecule has 1 aromatic heterocycles. The van der Waals surface area contributed by atoms with Gasteiger partial charge in [-0.2, -0.15) is 5.10 Å². The fourth-order valence-corrected chi connectivity index (χ4v) is 2.35. The highest BCUT2D eigenvalue weighted by molar-refractivity contribution is 5.31. The highest BCUT2D eigenvalue weighted by Crippen LogP contribution is 2.26. The Hall–Kier alpha value is -1.75. The number of aryl methyl sites for hydroxylation is 2. The number of hydrogen-bond acceptors (Lipinski definition) is 2. The molecule has 0 amide bonds. The van der Waals surface area contributed by atoms with Crippen molar-refractivity contribution < 1.29 is 8.78 Å². The molecule has 0 spiro atoms. The van der Waals surface area contributed by atoms with E-state index in [4.69, 9.17) is 0 Å². The van der Waals surface area contributed by atoms with Gasteiger partial charge < -0.3 is 5.32 Å². The Balaban J connectivity index is 2.52. The predicted octanol–water partition coefficient (Wildman–Crippen LogP) is 3.05. The highest BCUT2D eigenvalue weighted by atomic mass is 19.2. The molecule has 0 aliphatic rings. The number of halogens is 2. The van der Waals surface area contributed by atoms with E-state index in [9.17, 15) is 8.78 Å². The summed E-state index contributed by atoms with van der Waals surface area (Å²) >= 11 is 0. The van der Waals surface area contributed by atoms with Gasteiger partial charge in [-0.3, -0.25) is 4.68 Å². The quantitative estimate of drug-likeness (QED) is 0.911. The summed E-state index contributed by atoms with van der Waals surface area (Å²) in [7, 11) is 1.73. The molecular weight excluding hydrogens is 260 g/mol. The Labute approximate surface area is 117 Å². The van der Waals surface area contributed by atoms with Crippen LogP contribution in [0.4, 0.5) is 8.78 Å². The van der Waals surface area contributed by atoms with Gasteiger partial charge >= 0.3 is 0 Å². The molecule has 1 heterocycles. The van der Waals surface area contributed by atoms with Gasteiger partial charge in [0.25, 0.3) is 0 Å². The molecule has 0 radical (unpaired) electrons. The van der Waals surface area contributed by atoms with Crippen LogP contribution in [0.1, 0.15) is 36.8 Å². The van der Waals surface area contributed by atoms with Crippen molar-refractivity contribution in [3.63, 3.8) is 0 Å². The average molecular weight is 279 g/mol. The topological polar surface area (TPSA) is 29.9 Å². The smallest absolute Gasteiger partial charge is 0.163 e. The molecule has 1 N–H and O–H groups in total. The number of nitrogens with zero attached hydrogens (tertiary/aromatic N) is 2. The van der Waals surface area contributed by atoms with Gasteiger partial charge in [-0.15, -0.1) is 0 Å². The Morgan fingerprint density at radius 2 is 2.05 bits per heavy atom. The third kappa shape index (κ3) is 2.58. The lowest BCUT2D eigenvalue weighted by Crippen LogP contribution is -2.22. The Morgan fingerprint density at radius 1 is 1.30 bits per heavy atom. The molecule has 0 saturated heterocycles. The number of benzene rings is 1. The molecule has 0 aliphatic carbocycles. The van der Waals surface area contributed by atoms with Crippen molar-refractivity contribution >= 4 is 0 Å². The van der Waals surface area contributed by atoms with Crippen LogP contribution < -0.4 is 5.32 Å². The minimum absolute atomic E-state index is 0.296. The lowest BCUT2D eigenvalue weighted by molar-refractivity contribution is 0.478. The third-order valence-corrected chi connectivity index (χ3v) is 3.40. The van der Waals surface area contributed by atoms with Gasteiger partial charge in [-0.1, -0.05) is 19.1 Å². The van der Waals surface area contributed by atoms with E-state index >= 15 is 0 Å². The van der Waals surface area contributed by atoms with E-state index in [-0.39, 0.29) is 0 Å². The maximum atomic E-state index is 14.0. The minimum Gasteiger partial charge on any atom is -0.308 e. The molecule has 2 aromatic rings. The van der Waals surface area contributed by atoms with E-state index in [1.54, 1.807) is 13.1 Å². The predicted molar refractivity (Wildman–Crippen MR) is 74.5 cm³/mol. The molecular formula is C15H19F2N3. The van der Waals surface area contributed by atoms with Crippen LogP contribution in [0, 0.1) is 11.6 Å². The zero-order valence-corrected chi connectivity index (χ0v) is 12.0. The fraction of sp³-hybridized carbons (Fsp3) is 0.400. The van der Waals surface area contributed by atoms with E-state index in [2.05, 4.69) is 10.4 Å². The summed E-state index contributed by atoms with van der Waals surface area (Å²) in [4.78, 5) is 0. The number of nitrogens with one attached hydrogen (secondary N) is 1. The molecule has 1 atom stereocenters. The fourth-order valence-electron chi connectivity index (χ4n) is 2.35. The van der Waals surface area contributed by atoms with Crippen LogP contribution in [0.3, 0.4) is 0 Å². The van der Waals surface area contributed by atoms with Crippen molar-refractivity contribution in [2.45, 2.75) is 32.9 Å². The number of hydrogen-bond donors (Lipinski definition) is 1. The zero-order chi connectivity index (χ0) is 14.7. The first-order chi connectivity index (χ1) is 9.62. The lowest BCUT2D eigenvalue weighted by Gasteiger charge is -2.18. The van der Waals surface area contributed by atoms with Gasteiger partial charge in [-0.25, -0.2) is 8.78 Å². The molecule has 0 bridgehead atoms. The van der Waals surface area contributed by atoms with Crippen LogP contribution in [-0.2, 0) is 13.0 Å². The van der Waals surface area contributed by atoms with E-state index in [0.29, 0.717) is 12.1 Å². The second-order valence-corrected chi connectivity index (χ2v) is 4.59. The molecule has 1 aromatic carbocycles. The molecule has 20 heavy (non-hydrogen) atoms. The largest absolute Gasteiger partial charge is 0.308 e. The molecule has 0 aliphatic heterocycles. The first-order valence-corrected chi connectivity index (χ1v) is 6.80. The van der Waals surface area contributed by atoms with Crippen LogP contribution >= 0.6 is 0 Å². The van der Waals surface area contributed by atoms with Crippen molar-refractivity contribution in [2.75, 3.05) is 7.05 Å². The van der Waals surface area contributed by atoms with E-state index in [1.165, 1.54) is 6.07 Å². The SMILES string of the molecule is CCc1cc(C(NC)c2cccc(F)c2F)n(CC)n1. The Morgan fingerprint density at radius 3 is 2.65 bits per heavy atom. The Bertz CT molecular complexity index is 593. The monoisotopic (exact) mass is 279 g/mol. The number of aromatic nitrogens is 2. The summed E-state index contributed by atoms with van der Waals surface area (Å²) in [5, 5.41) is 7.50. The maximum Gasteiger partial charge on any atom is 0.163 e. The van der Waals surface area contributed by atoms with Crippen molar-refractivity contribution in [2.24, 2.45) is 0 Å². The van der Waals surface area contributed by atoms with Crippen molar-refractivity contribution in [1.82, 2.24) is 15.1 Å². The van der Waals surface area contributed by atoms with E-state index < -0.39 is 17.7 Å². The van der Waals surface area contributed by atoms with Crippen LogP contribution in [0.25, 0.3) is 0 Å². The van der Waals surface area contributed by atoms with Crippen LogP contribution in [-0.4, -0.2) is 16.8 Å². The van der Waals surface area contributed by atoms with Crippen LogP contribution in [0.2, 0.25) is 0 Å². The summed E-state index contributed by atoms with van der Waals surface area (Å²) in [5.74, 6) is -1.64. The summed E-state index contributed by atoms with van der Waals surface area (Å²) in [6, 6.07) is 5.76. The van der Waals surface area contributed by atoms with E-state index in [0.717, 1.165) is 23.9 Å². The minimum atomic E-state index is -0.832. The standard InChI is InChI=1S/C15H19F2N3/c1-4-10-9-13(20(5-2)19-10)15(18-3)11-7-6-8-12(16)14(11)17/h6-9,15,18H,4-5H2,1-3H3.